The first-order valence-corrected chi connectivity index (χ1v) is 10.9. The summed E-state index contributed by atoms with van der Waals surface area (Å²) < 4.78 is 5.78. The Kier molecular flexibility index (Phi) is 5.42. The molecule has 3 heteroatoms. The molecule has 5 rings (SSSR count). The normalized spacial score (nSPS) is 31.5. The van der Waals surface area contributed by atoms with Crippen molar-refractivity contribution < 1.29 is 14.6 Å². The lowest BCUT2D eigenvalue weighted by Crippen LogP contribution is -2.48. The summed E-state index contributed by atoms with van der Waals surface area (Å²) in [6.07, 6.45) is 15.4. The van der Waals surface area contributed by atoms with Crippen molar-refractivity contribution in [3.05, 3.63) is 59.2 Å². The van der Waals surface area contributed by atoms with E-state index in [2.05, 4.69) is 6.07 Å². The van der Waals surface area contributed by atoms with Crippen LogP contribution in [0.15, 0.2) is 48.1 Å². The number of benzene rings is 1. The summed E-state index contributed by atoms with van der Waals surface area (Å²) in [6, 6.07) is 6.01. The summed E-state index contributed by atoms with van der Waals surface area (Å²) in [4.78, 5) is 12.1. The van der Waals surface area contributed by atoms with Crippen molar-refractivity contribution in [1.29, 1.82) is 0 Å². The Morgan fingerprint density at radius 3 is 2.24 bits per heavy atom. The molecule has 4 saturated carbocycles. The predicted molar refractivity (Wildman–Crippen MR) is 117 cm³/mol. The van der Waals surface area contributed by atoms with Crippen molar-refractivity contribution in [2.75, 3.05) is 7.11 Å². The van der Waals surface area contributed by atoms with Crippen molar-refractivity contribution >= 4 is 11.5 Å². The quantitative estimate of drug-likeness (QED) is 0.466. The zero-order chi connectivity index (χ0) is 20.6. The summed E-state index contributed by atoms with van der Waals surface area (Å²) in [6.45, 7) is 3.82. The Morgan fingerprint density at radius 1 is 1.10 bits per heavy atom. The number of carboxylic acids is 1. The summed E-state index contributed by atoms with van der Waals surface area (Å²) in [5, 5.41) is 9.96. The van der Waals surface area contributed by atoms with Crippen LogP contribution in [-0.4, -0.2) is 18.2 Å². The molecule has 29 heavy (non-hydrogen) atoms. The minimum Gasteiger partial charge on any atom is -0.496 e. The van der Waals surface area contributed by atoms with Gasteiger partial charge in [0, 0.05) is 5.56 Å². The first-order valence-electron chi connectivity index (χ1n) is 10.9. The van der Waals surface area contributed by atoms with Gasteiger partial charge in [0.25, 0.3) is 0 Å². The minimum atomic E-state index is -0.880. The van der Waals surface area contributed by atoms with Gasteiger partial charge in [-0.05, 0) is 98.8 Å². The van der Waals surface area contributed by atoms with Crippen LogP contribution in [0.2, 0.25) is 0 Å². The van der Waals surface area contributed by atoms with Gasteiger partial charge in [-0.2, -0.15) is 0 Å². The van der Waals surface area contributed by atoms with Crippen LogP contribution in [0.5, 0.6) is 5.75 Å². The highest BCUT2D eigenvalue weighted by atomic mass is 16.5. The van der Waals surface area contributed by atoms with Gasteiger partial charge in [0.15, 0.2) is 0 Å². The van der Waals surface area contributed by atoms with Gasteiger partial charge in [-0.3, -0.25) is 0 Å². The third-order valence-corrected chi connectivity index (χ3v) is 7.36. The molecule has 4 bridgehead atoms. The van der Waals surface area contributed by atoms with E-state index in [4.69, 9.17) is 4.74 Å². The molecule has 0 saturated heterocycles. The van der Waals surface area contributed by atoms with Crippen molar-refractivity contribution in [1.82, 2.24) is 0 Å². The Labute approximate surface area is 174 Å². The number of carboxylic acid groups (broad SMARTS) is 1. The second-order valence-electron chi connectivity index (χ2n) is 9.36. The molecular formula is C26H32O3. The van der Waals surface area contributed by atoms with E-state index >= 15 is 0 Å². The third kappa shape index (κ3) is 3.68. The Bertz CT molecular complexity index is 852. The van der Waals surface area contributed by atoms with Crippen molar-refractivity contribution in [3.8, 4) is 5.75 Å². The molecule has 1 aromatic carbocycles. The van der Waals surface area contributed by atoms with Crippen LogP contribution in [0.3, 0.4) is 0 Å². The van der Waals surface area contributed by atoms with Crippen molar-refractivity contribution in [3.63, 3.8) is 0 Å². The molecule has 1 N–H and O–H groups in total. The molecule has 0 aromatic heterocycles. The average Bonchev–Trinajstić information content (AvgIpc) is 2.67. The van der Waals surface area contributed by atoms with Gasteiger partial charge in [-0.1, -0.05) is 30.4 Å². The maximum atomic E-state index is 12.1. The molecule has 0 heterocycles. The maximum absolute atomic E-state index is 12.1. The number of hydrogen-bond acceptors (Lipinski definition) is 2. The molecule has 0 amide bonds. The molecule has 154 valence electrons. The van der Waals surface area contributed by atoms with Gasteiger partial charge in [-0.15, -0.1) is 0 Å². The molecule has 3 nitrogen and oxygen atoms in total. The Morgan fingerprint density at radius 2 is 1.72 bits per heavy atom. The van der Waals surface area contributed by atoms with Gasteiger partial charge >= 0.3 is 5.97 Å². The molecule has 1 aromatic rings. The van der Waals surface area contributed by atoms with Crippen LogP contribution in [0, 0.1) is 17.8 Å². The number of aliphatic carboxylic acids is 1. The maximum Gasteiger partial charge on any atom is 0.336 e. The smallest absolute Gasteiger partial charge is 0.336 e. The van der Waals surface area contributed by atoms with E-state index in [1.165, 1.54) is 44.1 Å². The van der Waals surface area contributed by atoms with E-state index in [1.807, 2.05) is 50.3 Å². The molecule has 0 radical (unpaired) electrons. The van der Waals surface area contributed by atoms with E-state index in [0.29, 0.717) is 5.57 Å². The molecule has 0 unspecified atom stereocenters. The van der Waals surface area contributed by atoms with Gasteiger partial charge in [-0.25, -0.2) is 4.79 Å². The van der Waals surface area contributed by atoms with Crippen LogP contribution in [0.25, 0.3) is 5.57 Å². The van der Waals surface area contributed by atoms with Crippen LogP contribution in [0.1, 0.15) is 63.5 Å². The van der Waals surface area contributed by atoms with E-state index in [-0.39, 0.29) is 5.41 Å². The molecule has 4 aliphatic carbocycles. The standard InChI is InChI=1S/C26H32O3/c1-4-5-6-7-17(2)24(25(27)28)21-8-9-23(29-3)22(13-21)26-14-18-10-19(15-26)12-20(11-18)16-26/h4-9,13,18-20H,10-12,14-16H2,1-3H3,(H,27,28). The zero-order valence-corrected chi connectivity index (χ0v) is 17.8. The van der Waals surface area contributed by atoms with Gasteiger partial charge in [0.05, 0.1) is 12.7 Å². The number of rotatable bonds is 6. The monoisotopic (exact) mass is 392 g/mol. The largest absolute Gasteiger partial charge is 0.496 e. The van der Waals surface area contributed by atoms with E-state index < -0.39 is 5.97 Å². The van der Waals surface area contributed by atoms with E-state index in [1.54, 1.807) is 7.11 Å². The molecular weight excluding hydrogens is 360 g/mol. The fraction of sp³-hybridized carbons (Fsp3) is 0.500. The topological polar surface area (TPSA) is 46.5 Å². The lowest BCUT2D eigenvalue weighted by atomic mass is 9.48. The van der Waals surface area contributed by atoms with Crippen LogP contribution < -0.4 is 4.74 Å². The number of allylic oxidation sites excluding steroid dienone is 5. The molecule has 4 aliphatic rings. The summed E-state index contributed by atoms with van der Waals surface area (Å²) in [5.41, 5.74) is 3.32. The van der Waals surface area contributed by atoms with Crippen LogP contribution >= 0.6 is 0 Å². The zero-order valence-electron chi connectivity index (χ0n) is 17.8. The van der Waals surface area contributed by atoms with Gasteiger partial charge in [0.1, 0.15) is 5.75 Å². The number of ether oxygens (including phenoxy) is 1. The molecule has 0 aliphatic heterocycles. The second-order valence-corrected chi connectivity index (χ2v) is 9.36. The lowest BCUT2D eigenvalue weighted by Gasteiger charge is -2.57. The third-order valence-electron chi connectivity index (χ3n) is 7.36. The Hall–Kier alpha value is -2.29. The summed E-state index contributed by atoms with van der Waals surface area (Å²) in [5.74, 6) is 2.52. The second kappa shape index (κ2) is 7.85. The summed E-state index contributed by atoms with van der Waals surface area (Å²) in [7, 11) is 1.73. The van der Waals surface area contributed by atoms with Crippen LogP contribution in [0.4, 0.5) is 0 Å². The highest BCUT2D eigenvalue weighted by Gasteiger charge is 2.52. The van der Waals surface area contributed by atoms with Gasteiger partial charge < -0.3 is 9.84 Å². The minimum absolute atomic E-state index is 0.161. The average molecular weight is 393 g/mol. The van der Waals surface area contributed by atoms with E-state index in [0.717, 1.165) is 34.6 Å². The van der Waals surface area contributed by atoms with Crippen molar-refractivity contribution in [2.24, 2.45) is 17.8 Å². The predicted octanol–water partition coefficient (Wildman–Crippen LogP) is 6.15. The van der Waals surface area contributed by atoms with Gasteiger partial charge in [0.2, 0.25) is 0 Å². The Balaban J connectivity index is 1.79. The molecule has 4 fully saturated rings. The van der Waals surface area contributed by atoms with Crippen molar-refractivity contribution in [2.45, 2.75) is 57.8 Å². The lowest BCUT2D eigenvalue weighted by molar-refractivity contribution is -0.130. The SMILES string of the molecule is CC=CC=CC(C)=C(C(=O)O)c1ccc(OC)c(C23CC4CC(CC(C4)C2)C3)c1. The fourth-order valence-electron chi connectivity index (χ4n) is 6.63. The molecule has 0 atom stereocenters. The van der Waals surface area contributed by atoms with Crippen LogP contribution in [-0.2, 0) is 10.2 Å². The highest BCUT2D eigenvalue weighted by Crippen LogP contribution is 2.62. The first kappa shape index (κ1) is 20.0. The number of carbonyl (C=O) groups is 1. The first-order chi connectivity index (χ1) is 14.0. The van der Waals surface area contributed by atoms with E-state index in [9.17, 15) is 9.90 Å². The number of hydrogen-bond donors (Lipinski definition) is 1. The summed E-state index contributed by atoms with van der Waals surface area (Å²) >= 11 is 0. The molecule has 0 spiro atoms. The fourth-order valence-corrected chi connectivity index (χ4v) is 6.63. The number of methoxy groups -OCH3 is 1. The highest BCUT2D eigenvalue weighted by molar-refractivity contribution is 6.17.